The average molecular weight is 252 g/mol. The number of anilines is 2. The molecule has 1 heterocycles. The van der Waals surface area contributed by atoms with Gasteiger partial charge in [-0.25, -0.2) is 9.97 Å². The third kappa shape index (κ3) is 3.87. The van der Waals surface area contributed by atoms with Gasteiger partial charge in [0.05, 0.1) is 6.61 Å². The molecule has 0 unspecified atom stereocenters. The van der Waals surface area contributed by atoms with Crippen LogP contribution in [0.4, 0.5) is 11.6 Å². The Morgan fingerprint density at radius 3 is 2.67 bits per heavy atom. The summed E-state index contributed by atoms with van der Waals surface area (Å²) in [5, 5.41) is 6.02. The van der Waals surface area contributed by atoms with E-state index in [1.807, 2.05) is 7.05 Å². The Morgan fingerprint density at radius 1 is 1.33 bits per heavy atom. The van der Waals surface area contributed by atoms with Gasteiger partial charge in [-0.15, -0.1) is 0 Å². The van der Waals surface area contributed by atoms with Crippen LogP contribution < -0.4 is 10.6 Å². The highest BCUT2D eigenvalue weighted by molar-refractivity contribution is 5.75. The molecule has 0 atom stereocenters. The van der Waals surface area contributed by atoms with Gasteiger partial charge in [-0.2, -0.15) is 0 Å². The second-order valence-electron chi connectivity index (χ2n) is 3.71. The Hall–Kier alpha value is -1.85. The van der Waals surface area contributed by atoms with Crippen molar-refractivity contribution in [3.8, 4) is 0 Å². The zero-order chi connectivity index (χ0) is 13.4. The number of nitrogens with zero attached hydrogens (tertiary/aromatic N) is 2. The highest BCUT2D eigenvalue weighted by Crippen LogP contribution is 2.20. The van der Waals surface area contributed by atoms with E-state index in [9.17, 15) is 4.79 Å². The van der Waals surface area contributed by atoms with Crippen molar-refractivity contribution in [2.24, 2.45) is 0 Å². The molecular formula is C12H20N4O2. The van der Waals surface area contributed by atoms with E-state index < -0.39 is 0 Å². The molecule has 100 valence electrons. The Labute approximate surface area is 107 Å². The van der Waals surface area contributed by atoms with Crippen molar-refractivity contribution in [1.29, 1.82) is 0 Å². The molecule has 6 nitrogen and oxygen atoms in total. The van der Waals surface area contributed by atoms with Gasteiger partial charge in [0.15, 0.2) is 0 Å². The number of carbonyl (C=O) groups is 1. The topological polar surface area (TPSA) is 76.1 Å². The van der Waals surface area contributed by atoms with E-state index in [1.165, 1.54) is 6.33 Å². The molecule has 0 spiro atoms. The molecule has 0 fully saturated rings. The van der Waals surface area contributed by atoms with Crippen LogP contribution in [0.2, 0.25) is 0 Å². The number of aromatic nitrogens is 2. The van der Waals surface area contributed by atoms with E-state index in [2.05, 4.69) is 27.5 Å². The summed E-state index contributed by atoms with van der Waals surface area (Å²) in [6.45, 7) is 4.37. The summed E-state index contributed by atoms with van der Waals surface area (Å²) in [7, 11) is 1.82. The Bertz CT molecular complexity index is 396. The standard InChI is InChI=1S/C12H20N4O2/c1-4-6-9-11(13-3)15-8-16-12(9)14-7-10(17)18-5-2/h8H,4-7H2,1-3H3,(H2,13,14,15,16). The lowest BCUT2D eigenvalue weighted by molar-refractivity contribution is -0.140. The lowest BCUT2D eigenvalue weighted by atomic mass is 10.1. The van der Waals surface area contributed by atoms with Crippen LogP contribution in [0, 0.1) is 0 Å². The lowest BCUT2D eigenvalue weighted by Gasteiger charge is -2.13. The molecule has 0 saturated heterocycles. The summed E-state index contributed by atoms with van der Waals surface area (Å²) in [5.74, 6) is 1.19. The number of ether oxygens (including phenoxy) is 1. The number of hydrogen-bond donors (Lipinski definition) is 2. The van der Waals surface area contributed by atoms with Crippen LogP contribution in [0.1, 0.15) is 25.8 Å². The smallest absolute Gasteiger partial charge is 0.325 e. The van der Waals surface area contributed by atoms with Crippen molar-refractivity contribution in [2.45, 2.75) is 26.7 Å². The maximum Gasteiger partial charge on any atom is 0.325 e. The molecule has 1 aromatic heterocycles. The molecule has 6 heteroatoms. The van der Waals surface area contributed by atoms with Gasteiger partial charge in [0.1, 0.15) is 24.5 Å². The fraction of sp³-hybridized carbons (Fsp3) is 0.583. The summed E-state index contributed by atoms with van der Waals surface area (Å²) < 4.78 is 4.86. The van der Waals surface area contributed by atoms with Crippen molar-refractivity contribution in [2.75, 3.05) is 30.8 Å². The Morgan fingerprint density at radius 2 is 2.06 bits per heavy atom. The van der Waals surface area contributed by atoms with E-state index in [0.29, 0.717) is 12.4 Å². The quantitative estimate of drug-likeness (QED) is 0.715. The number of hydrogen-bond acceptors (Lipinski definition) is 6. The largest absolute Gasteiger partial charge is 0.465 e. The van der Waals surface area contributed by atoms with Gasteiger partial charge in [0, 0.05) is 12.6 Å². The maximum atomic E-state index is 11.3. The van der Waals surface area contributed by atoms with Crippen LogP contribution in [0.5, 0.6) is 0 Å². The minimum Gasteiger partial charge on any atom is -0.465 e. The van der Waals surface area contributed by atoms with Gasteiger partial charge in [0.2, 0.25) is 0 Å². The van der Waals surface area contributed by atoms with E-state index in [1.54, 1.807) is 6.92 Å². The van der Waals surface area contributed by atoms with E-state index in [-0.39, 0.29) is 12.5 Å². The van der Waals surface area contributed by atoms with Crippen molar-refractivity contribution in [3.63, 3.8) is 0 Å². The average Bonchev–Trinajstić information content (AvgIpc) is 2.38. The minimum atomic E-state index is -0.287. The first kappa shape index (κ1) is 14.2. The second-order valence-corrected chi connectivity index (χ2v) is 3.71. The van der Waals surface area contributed by atoms with Crippen LogP contribution in [0.15, 0.2) is 6.33 Å². The monoisotopic (exact) mass is 252 g/mol. The first-order chi connectivity index (χ1) is 8.72. The fourth-order valence-corrected chi connectivity index (χ4v) is 1.63. The van der Waals surface area contributed by atoms with Gasteiger partial charge < -0.3 is 15.4 Å². The third-order valence-corrected chi connectivity index (χ3v) is 2.39. The van der Waals surface area contributed by atoms with E-state index >= 15 is 0 Å². The first-order valence-corrected chi connectivity index (χ1v) is 6.14. The Kier molecular flexibility index (Phi) is 5.90. The van der Waals surface area contributed by atoms with Crippen LogP contribution in [0.3, 0.4) is 0 Å². The highest BCUT2D eigenvalue weighted by Gasteiger charge is 2.10. The number of rotatable bonds is 7. The predicted molar refractivity (Wildman–Crippen MR) is 70.7 cm³/mol. The van der Waals surface area contributed by atoms with E-state index in [4.69, 9.17) is 4.74 Å². The molecule has 0 aliphatic rings. The molecule has 2 N–H and O–H groups in total. The predicted octanol–water partition coefficient (Wildman–Crippen LogP) is 1.45. The van der Waals surface area contributed by atoms with Gasteiger partial charge in [-0.05, 0) is 13.3 Å². The molecule has 0 aromatic carbocycles. The van der Waals surface area contributed by atoms with Crippen molar-refractivity contribution in [3.05, 3.63) is 11.9 Å². The van der Waals surface area contributed by atoms with Crippen molar-refractivity contribution >= 4 is 17.6 Å². The maximum absolute atomic E-state index is 11.3. The molecule has 1 rings (SSSR count). The molecule has 0 amide bonds. The number of carbonyl (C=O) groups excluding carboxylic acids is 1. The normalized spacial score (nSPS) is 9.94. The van der Waals surface area contributed by atoms with Gasteiger partial charge >= 0.3 is 5.97 Å². The number of nitrogens with one attached hydrogen (secondary N) is 2. The lowest BCUT2D eigenvalue weighted by Crippen LogP contribution is -2.18. The molecule has 18 heavy (non-hydrogen) atoms. The van der Waals surface area contributed by atoms with Crippen LogP contribution in [0.25, 0.3) is 0 Å². The number of esters is 1. The molecular weight excluding hydrogens is 232 g/mol. The molecule has 0 bridgehead atoms. The molecule has 0 aliphatic heterocycles. The summed E-state index contributed by atoms with van der Waals surface area (Å²) in [6, 6.07) is 0. The van der Waals surface area contributed by atoms with Crippen LogP contribution >= 0.6 is 0 Å². The fourth-order valence-electron chi connectivity index (χ4n) is 1.63. The summed E-state index contributed by atoms with van der Waals surface area (Å²) in [5.41, 5.74) is 0.992. The van der Waals surface area contributed by atoms with E-state index in [0.717, 1.165) is 24.2 Å². The SMILES string of the molecule is CCCc1c(NC)ncnc1NCC(=O)OCC. The summed E-state index contributed by atoms with van der Waals surface area (Å²) >= 11 is 0. The van der Waals surface area contributed by atoms with Crippen molar-refractivity contribution in [1.82, 2.24) is 9.97 Å². The van der Waals surface area contributed by atoms with Gasteiger partial charge in [0.25, 0.3) is 0 Å². The zero-order valence-electron chi connectivity index (χ0n) is 11.1. The summed E-state index contributed by atoms with van der Waals surface area (Å²) in [6.07, 6.45) is 3.30. The first-order valence-electron chi connectivity index (χ1n) is 6.14. The summed E-state index contributed by atoms with van der Waals surface area (Å²) in [4.78, 5) is 19.6. The zero-order valence-corrected chi connectivity index (χ0v) is 11.1. The second kappa shape index (κ2) is 7.47. The van der Waals surface area contributed by atoms with Crippen LogP contribution in [-0.2, 0) is 16.0 Å². The molecule has 0 aliphatic carbocycles. The minimum absolute atomic E-state index is 0.116. The molecule has 0 saturated carbocycles. The van der Waals surface area contributed by atoms with Gasteiger partial charge in [-0.3, -0.25) is 4.79 Å². The van der Waals surface area contributed by atoms with Gasteiger partial charge in [-0.1, -0.05) is 13.3 Å². The third-order valence-electron chi connectivity index (χ3n) is 2.39. The van der Waals surface area contributed by atoms with Crippen LogP contribution in [-0.4, -0.2) is 36.1 Å². The Balaban J connectivity index is 2.77. The highest BCUT2D eigenvalue weighted by atomic mass is 16.5. The molecule has 1 aromatic rings. The molecule has 0 radical (unpaired) electrons. The van der Waals surface area contributed by atoms with Crippen molar-refractivity contribution < 1.29 is 9.53 Å².